The first-order valence-corrected chi connectivity index (χ1v) is 6.23. The van der Waals surface area contributed by atoms with E-state index in [1.807, 2.05) is 30.3 Å². The Morgan fingerprint density at radius 3 is 2.55 bits per heavy atom. The van der Waals surface area contributed by atoms with Crippen LogP contribution in [0.5, 0.6) is 0 Å². The molecule has 100 valence electrons. The van der Waals surface area contributed by atoms with Crippen LogP contribution in [0.4, 0.5) is 4.39 Å². The molecule has 0 unspecified atom stereocenters. The van der Waals surface area contributed by atoms with Crippen LogP contribution in [-0.2, 0) is 6.42 Å². The van der Waals surface area contributed by atoms with Gasteiger partial charge in [-0.3, -0.25) is 0 Å². The Balaban J connectivity index is 2.18. The summed E-state index contributed by atoms with van der Waals surface area (Å²) >= 11 is 0. The normalized spacial score (nSPS) is 10.8. The number of carboxylic acids is 1. The van der Waals surface area contributed by atoms with E-state index >= 15 is 0 Å². The van der Waals surface area contributed by atoms with Gasteiger partial charge in [0.15, 0.2) is 0 Å². The SMILES string of the molecule is O=C(O)c1c(Cc2ccccc2)[nH]c2cccc(F)c12. The van der Waals surface area contributed by atoms with Gasteiger partial charge in [-0.05, 0) is 17.7 Å². The monoisotopic (exact) mass is 269 g/mol. The van der Waals surface area contributed by atoms with Gasteiger partial charge in [0.2, 0.25) is 0 Å². The summed E-state index contributed by atoms with van der Waals surface area (Å²) in [6, 6.07) is 14.0. The van der Waals surface area contributed by atoms with Gasteiger partial charge in [0.05, 0.1) is 10.9 Å². The Morgan fingerprint density at radius 1 is 1.10 bits per heavy atom. The highest BCUT2D eigenvalue weighted by Crippen LogP contribution is 2.26. The van der Waals surface area contributed by atoms with Crippen LogP contribution < -0.4 is 0 Å². The van der Waals surface area contributed by atoms with Crippen molar-refractivity contribution in [2.75, 3.05) is 0 Å². The van der Waals surface area contributed by atoms with E-state index in [-0.39, 0.29) is 10.9 Å². The van der Waals surface area contributed by atoms with Crippen molar-refractivity contribution in [1.29, 1.82) is 0 Å². The van der Waals surface area contributed by atoms with Crippen LogP contribution in [0.15, 0.2) is 48.5 Å². The van der Waals surface area contributed by atoms with Crippen LogP contribution in [0.25, 0.3) is 10.9 Å². The number of halogens is 1. The average molecular weight is 269 g/mol. The molecule has 1 heterocycles. The molecule has 3 nitrogen and oxygen atoms in total. The predicted octanol–water partition coefficient (Wildman–Crippen LogP) is 3.60. The quantitative estimate of drug-likeness (QED) is 0.763. The van der Waals surface area contributed by atoms with Gasteiger partial charge >= 0.3 is 5.97 Å². The van der Waals surface area contributed by atoms with E-state index in [0.717, 1.165) is 5.56 Å². The Morgan fingerprint density at radius 2 is 1.85 bits per heavy atom. The molecule has 4 heteroatoms. The molecule has 0 spiro atoms. The largest absolute Gasteiger partial charge is 0.478 e. The molecule has 0 bridgehead atoms. The van der Waals surface area contributed by atoms with Crippen LogP contribution in [0.2, 0.25) is 0 Å². The number of fused-ring (bicyclic) bond motifs is 1. The first-order chi connectivity index (χ1) is 9.66. The van der Waals surface area contributed by atoms with Gasteiger partial charge in [0.25, 0.3) is 0 Å². The summed E-state index contributed by atoms with van der Waals surface area (Å²) in [5, 5.41) is 9.51. The van der Waals surface area contributed by atoms with E-state index in [9.17, 15) is 14.3 Å². The second kappa shape index (κ2) is 4.81. The topological polar surface area (TPSA) is 53.1 Å². The number of carboxylic acid groups (broad SMARTS) is 1. The number of aromatic amines is 1. The Labute approximate surface area is 114 Å². The second-order valence-corrected chi connectivity index (χ2v) is 4.61. The predicted molar refractivity (Wildman–Crippen MR) is 74.5 cm³/mol. The lowest BCUT2D eigenvalue weighted by atomic mass is 10.0. The number of aromatic nitrogens is 1. The maximum atomic E-state index is 13.9. The maximum absolute atomic E-state index is 13.9. The van der Waals surface area contributed by atoms with E-state index in [4.69, 9.17) is 0 Å². The third-order valence-electron chi connectivity index (χ3n) is 3.29. The van der Waals surface area contributed by atoms with E-state index in [1.54, 1.807) is 12.1 Å². The van der Waals surface area contributed by atoms with Crippen molar-refractivity contribution in [1.82, 2.24) is 4.98 Å². The van der Waals surface area contributed by atoms with Crippen molar-refractivity contribution >= 4 is 16.9 Å². The van der Waals surface area contributed by atoms with Crippen LogP contribution in [-0.4, -0.2) is 16.1 Å². The van der Waals surface area contributed by atoms with Crippen LogP contribution >= 0.6 is 0 Å². The van der Waals surface area contributed by atoms with Crippen LogP contribution in [0, 0.1) is 5.82 Å². The fourth-order valence-corrected chi connectivity index (χ4v) is 2.43. The number of H-pyrrole nitrogens is 1. The molecule has 20 heavy (non-hydrogen) atoms. The van der Waals surface area contributed by atoms with E-state index in [1.165, 1.54) is 6.07 Å². The number of aromatic carboxylic acids is 1. The standard InChI is InChI=1S/C16H12FNO2/c17-11-7-4-8-12-14(11)15(16(19)20)13(18-12)9-10-5-2-1-3-6-10/h1-8,18H,9H2,(H,19,20). The van der Waals surface area contributed by atoms with Gasteiger partial charge < -0.3 is 10.1 Å². The molecule has 3 rings (SSSR count). The molecule has 0 amide bonds. The van der Waals surface area contributed by atoms with Gasteiger partial charge in [-0.1, -0.05) is 36.4 Å². The molecular weight excluding hydrogens is 257 g/mol. The summed E-state index contributed by atoms with van der Waals surface area (Å²) in [6.07, 6.45) is 0.427. The van der Waals surface area contributed by atoms with Gasteiger partial charge in [-0.2, -0.15) is 0 Å². The Bertz CT molecular complexity index is 778. The van der Waals surface area contributed by atoms with Crippen molar-refractivity contribution in [3.8, 4) is 0 Å². The number of rotatable bonds is 3. The number of benzene rings is 2. The molecule has 0 radical (unpaired) electrons. The molecule has 0 aliphatic carbocycles. The summed E-state index contributed by atoms with van der Waals surface area (Å²) < 4.78 is 13.9. The number of carbonyl (C=O) groups is 1. The Hall–Kier alpha value is -2.62. The highest BCUT2D eigenvalue weighted by molar-refractivity contribution is 6.05. The maximum Gasteiger partial charge on any atom is 0.338 e. The highest BCUT2D eigenvalue weighted by Gasteiger charge is 2.20. The minimum Gasteiger partial charge on any atom is -0.478 e. The molecule has 0 aliphatic rings. The summed E-state index contributed by atoms with van der Waals surface area (Å²) in [5.74, 6) is -1.64. The van der Waals surface area contributed by atoms with E-state index < -0.39 is 11.8 Å². The lowest BCUT2D eigenvalue weighted by molar-refractivity contribution is 0.0697. The fraction of sp³-hybridized carbons (Fsp3) is 0.0625. The zero-order chi connectivity index (χ0) is 14.1. The molecule has 0 aliphatic heterocycles. The second-order valence-electron chi connectivity index (χ2n) is 4.61. The van der Waals surface area contributed by atoms with Gasteiger partial charge in [-0.15, -0.1) is 0 Å². The minimum absolute atomic E-state index is 0.0157. The summed E-state index contributed by atoms with van der Waals surface area (Å²) in [5.41, 5.74) is 2.01. The van der Waals surface area contributed by atoms with E-state index in [2.05, 4.69) is 4.98 Å². The van der Waals surface area contributed by atoms with Gasteiger partial charge in [0.1, 0.15) is 5.82 Å². The first kappa shape index (κ1) is 12.4. The highest BCUT2D eigenvalue weighted by atomic mass is 19.1. The van der Waals surface area contributed by atoms with Crippen molar-refractivity contribution < 1.29 is 14.3 Å². The molecule has 0 saturated carbocycles. The number of hydrogen-bond acceptors (Lipinski definition) is 1. The molecule has 2 N–H and O–H groups in total. The minimum atomic E-state index is -1.12. The van der Waals surface area contributed by atoms with Crippen molar-refractivity contribution in [3.05, 3.63) is 71.2 Å². The molecule has 0 saturated heterocycles. The summed E-state index contributed by atoms with van der Waals surface area (Å²) in [7, 11) is 0. The van der Waals surface area contributed by atoms with Gasteiger partial charge in [-0.25, -0.2) is 9.18 Å². The zero-order valence-electron chi connectivity index (χ0n) is 10.6. The molecule has 1 aromatic heterocycles. The first-order valence-electron chi connectivity index (χ1n) is 6.23. The summed E-state index contributed by atoms with van der Waals surface area (Å²) in [6.45, 7) is 0. The molecule has 0 atom stereocenters. The van der Waals surface area contributed by atoms with Crippen molar-refractivity contribution in [3.63, 3.8) is 0 Å². The third kappa shape index (κ3) is 2.05. The lowest BCUT2D eigenvalue weighted by Gasteiger charge is -2.01. The fourth-order valence-electron chi connectivity index (χ4n) is 2.43. The van der Waals surface area contributed by atoms with Crippen LogP contribution in [0.1, 0.15) is 21.6 Å². The van der Waals surface area contributed by atoms with Crippen LogP contribution in [0.3, 0.4) is 0 Å². The van der Waals surface area contributed by atoms with Crippen molar-refractivity contribution in [2.45, 2.75) is 6.42 Å². The smallest absolute Gasteiger partial charge is 0.338 e. The third-order valence-corrected chi connectivity index (χ3v) is 3.29. The van der Waals surface area contributed by atoms with E-state index in [0.29, 0.717) is 17.6 Å². The lowest BCUT2D eigenvalue weighted by Crippen LogP contribution is -2.02. The molecule has 2 aromatic carbocycles. The summed E-state index contributed by atoms with van der Waals surface area (Å²) in [4.78, 5) is 14.5. The van der Waals surface area contributed by atoms with Gasteiger partial charge in [0, 0.05) is 17.6 Å². The van der Waals surface area contributed by atoms with Crippen molar-refractivity contribution in [2.24, 2.45) is 0 Å². The molecule has 3 aromatic rings. The molecule has 0 fully saturated rings. The number of hydrogen-bond donors (Lipinski definition) is 2. The molecular formula is C16H12FNO2. The average Bonchev–Trinajstić information content (AvgIpc) is 2.79. The number of nitrogens with one attached hydrogen (secondary N) is 1. The Kier molecular flexibility index (Phi) is 2.99. The zero-order valence-corrected chi connectivity index (χ0v) is 10.6.